The van der Waals surface area contributed by atoms with Crippen LogP contribution in [0.3, 0.4) is 0 Å². The SMILES string of the molecule is CNC(c1ccc(Br)cc1Br)c1cc(C)ccc1OC. The van der Waals surface area contributed by atoms with E-state index in [-0.39, 0.29) is 6.04 Å². The molecule has 2 nitrogen and oxygen atoms in total. The predicted octanol–water partition coefficient (Wildman–Crippen LogP) is 4.84. The van der Waals surface area contributed by atoms with Gasteiger partial charge in [-0.25, -0.2) is 0 Å². The molecular weight excluding hydrogens is 382 g/mol. The summed E-state index contributed by atoms with van der Waals surface area (Å²) in [5, 5.41) is 3.37. The summed E-state index contributed by atoms with van der Waals surface area (Å²) in [6, 6.07) is 12.5. The van der Waals surface area contributed by atoms with Crippen LogP contribution in [-0.2, 0) is 0 Å². The second-order valence-electron chi connectivity index (χ2n) is 4.63. The van der Waals surface area contributed by atoms with Crippen LogP contribution in [0.1, 0.15) is 22.7 Å². The molecule has 1 atom stereocenters. The number of aryl methyl sites for hydroxylation is 1. The Morgan fingerprint density at radius 3 is 2.40 bits per heavy atom. The van der Waals surface area contributed by atoms with E-state index in [4.69, 9.17) is 4.74 Å². The van der Waals surface area contributed by atoms with E-state index in [0.29, 0.717) is 0 Å². The monoisotopic (exact) mass is 397 g/mol. The maximum absolute atomic E-state index is 5.50. The third-order valence-corrected chi connectivity index (χ3v) is 4.44. The molecule has 0 aromatic heterocycles. The van der Waals surface area contributed by atoms with Crippen LogP contribution in [0.25, 0.3) is 0 Å². The largest absolute Gasteiger partial charge is 0.496 e. The van der Waals surface area contributed by atoms with Crippen LogP contribution in [0.4, 0.5) is 0 Å². The number of methoxy groups -OCH3 is 1. The Kier molecular flexibility index (Phi) is 5.24. The van der Waals surface area contributed by atoms with Crippen LogP contribution in [-0.4, -0.2) is 14.2 Å². The molecule has 0 radical (unpaired) electrons. The number of hydrogen-bond acceptors (Lipinski definition) is 2. The molecule has 0 spiro atoms. The van der Waals surface area contributed by atoms with Crippen LogP contribution in [0.2, 0.25) is 0 Å². The van der Waals surface area contributed by atoms with Crippen LogP contribution in [0.15, 0.2) is 45.3 Å². The van der Waals surface area contributed by atoms with Crippen molar-refractivity contribution in [2.45, 2.75) is 13.0 Å². The zero-order valence-corrected chi connectivity index (χ0v) is 14.9. The minimum Gasteiger partial charge on any atom is -0.496 e. The van der Waals surface area contributed by atoms with Gasteiger partial charge in [0.25, 0.3) is 0 Å². The molecule has 0 aliphatic rings. The minimum atomic E-state index is 0.0762. The smallest absolute Gasteiger partial charge is 0.123 e. The molecule has 0 bridgehead atoms. The molecule has 0 aliphatic carbocycles. The predicted molar refractivity (Wildman–Crippen MR) is 90.5 cm³/mol. The van der Waals surface area contributed by atoms with Crippen molar-refractivity contribution in [3.63, 3.8) is 0 Å². The lowest BCUT2D eigenvalue weighted by molar-refractivity contribution is 0.405. The van der Waals surface area contributed by atoms with Gasteiger partial charge in [-0.2, -0.15) is 0 Å². The molecule has 1 unspecified atom stereocenters. The van der Waals surface area contributed by atoms with Crippen molar-refractivity contribution in [2.24, 2.45) is 0 Å². The first-order valence-corrected chi connectivity index (χ1v) is 7.92. The van der Waals surface area contributed by atoms with E-state index in [1.165, 1.54) is 11.1 Å². The molecule has 106 valence electrons. The van der Waals surface area contributed by atoms with Crippen molar-refractivity contribution in [1.82, 2.24) is 5.32 Å². The Balaban J connectivity index is 2.54. The van der Waals surface area contributed by atoms with Gasteiger partial charge in [-0.3, -0.25) is 0 Å². The number of benzene rings is 2. The van der Waals surface area contributed by atoms with Gasteiger partial charge in [-0.15, -0.1) is 0 Å². The summed E-state index contributed by atoms with van der Waals surface area (Å²) in [4.78, 5) is 0. The fraction of sp³-hybridized carbons (Fsp3) is 0.250. The lowest BCUT2D eigenvalue weighted by Gasteiger charge is -2.21. The maximum Gasteiger partial charge on any atom is 0.123 e. The van der Waals surface area contributed by atoms with E-state index in [1.54, 1.807) is 7.11 Å². The third kappa shape index (κ3) is 3.25. The molecule has 4 heteroatoms. The minimum absolute atomic E-state index is 0.0762. The second kappa shape index (κ2) is 6.74. The van der Waals surface area contributed by atoms with E-state index in [9.17, 15) is 0 Å². The van der Waals surface area contributed by atoms with E-state index in [2.05, 4.69) is 68.4 Å². The van der Waals surface area contributed by atoms with Crippen molar-refractivity contribution >= 4 is 31.9 Å². The molecule has 0 heterocycles. The maximum atomic E-state index is 5.50. The highest BCUT2D eigenvalue weighted by atomic mass is 79.9. The zero-order valence-electron chi connectivity index (χ0n) is 11.7. The molecule has 2 aromatic rings. The first kappa shape index (κ1) is 15.5. The lowest BCUT2D eigenvalue weighted by Crippen LogP contribution is -2.19. The van der Waals surface area contributed by atoms with Crippen LogP contribution < -0.4 is 10.1 Å². The van der Waals surface area contributed by atoms with Gasteiger partial charge in [0.15, 0.2) is 0 Å². The Hall–Kier alpha value is -0.840. The third-order valence-electron chi connectivity index (χ3n) is 3.26. The molecular formula is C16H17Br2NO. The first-order valence-electron chi connectivity index (χ1n) is 6.33. The van der Waals surface area contributed by atoms with Gasteiger partial charge < -0.3 is 10.1 Å². The van der Waals surface area contributed by atoms with E-state index < -0.39 is 0 Å². The van der Waals surface area contributed by atoms with E-state index in [1.807, 2.05) is 19.2 Å². The molecule has 2 aromatic carbocycles. The van der Waals surface area contributed by atoms with Gasteiger partial charge in [0, 0.05) is 14.5 Å². The van der Waals surface area contributed by atoms with Crippen molar-refractivity contribution < 1.29 is 4.74 Å². The van der Waals surface area contributed by atoms with Gasteiger partial charge in [0.05, 0.1) is 13.2 Å². The first-order chi connectivity index (χ1) is 9.56. The summed E-state index contributed by atoms with van der Waals surface area (Å²) >= 11 is 7.13. The molecule has 0 aliphatic heterocycles. The number of halogens is 2. The highest BCUT2D eigenvalue weighted by Gasteiger charge is 2.19. The number of nitrogens with one attached hydrogen (secondary N) is 1. The zero-order chi connectivity index (χ0) is 14.7. The molecule has 0 saturated carbocycles. The number of rotatable bonds is 4. The normalized spacial score (nSPS) is 12.2. The second-order valence-corrected chi connectivity index (χ2v) is 6.40. The van der Waals surface area contributed by atoms with Crippen LogP contribution in [0.5, 0.6) is 5.75 Å². The Morgan fingerprint density at radius 1 is 1.05 bits per heavy atom. The molecule has 20 heavy (non-hydrogen) atoms. The van der Waals surface area contributed by atoms with E-state index in [0.717, 1.165) is 20.3 Å². The topological polar surface area (TPSA) is 21.3 Å². The summed E-state index contributed by atoms with van der Waals surface area (Å²) in [7, 11) is 3.67. The fourth-order valence-corrected chi connectivity index (χ4v) is 3.57. The van der Waals surface area contributed by atoms with Gasteiger partial charge in [0.1, 0.15) is 5.75 Å². The van der Waals surface area contributed by atoms with Gasteiger partial charge in [0.2, 0.25) is 0 Å². The van der Waals surface area contributed by atoms with Crippen molar-refractivity contribution in [3.8, 4) is 5.75 Å². The van der Waals surface area contributed by atoms with Crippen LogP contribution >= 0.6 is 31.9 Å². The van der Waals surface area contributed by atoms with Crippen molar-refractivity contribution in [3.05, 3.63) is 62.0 Å². The summed E-state index contributed by atoms with van der Waals surface area (Å²) in [6.45, 7) is 2.09. The molecule has 0 amide bonds. The fourth-order valence-electron chi connectivity index (χ4n) is 2.29. The van der Waals surface area contributed by atoms with Crippen LogP contribution in [0, 0.1) is 6.92 Å². The average Bonchev–Trinajstić information content (AvgIpc) is 2.42. The lowest BCUT2D eigenvalue weighted by atomic mass is 9.96. The molecule has 2 rings (SSSR count). The molecule has 1 N–H and O–H groups in total. The quantitative estimate of drug-likeness (QED) is 0.795. The standard InChI is InChI=1S/C16H17Br2NO/c1-10-4-7-15(20-3)13(8-10)16(19-2)12-6-5-11(17)9-14(12)18/h4-9,16,19H,1-3H3. The van der Waals surface area contributed by atoms with Gasteiger partial charge >= 0.3 is 0 Å². The summed E-state index contributed by atoms with van der Waals surface area (Å²) in [6.07, 6.45) is 0. The van der Waals surface area contributed by atoms with Gasteiger partial charge in [-0.1, -0.05) is 55.6 Å². The summed E-state index contributed by atoms with van der Waals surface area (Å²) in [5.74, 6) is 0.893. The summed E-state index contributed by atoms with van der Waals surface area (Å²) in [5.41, 5.74) is 3.53. The number of ether oxygens (including phenoxy) is 1. The Morgan fingerprint density at radius 2 is 1.80 bits per heavy atom. The number of hydrogen-bond donors (Lipinski definition) is 1. The Labute approximate surface area is 136 Å². The summed E-state index contributed by atoms with van der Waals surface area (Å²) < 4.78 is 7.62. The van der Waals surface area contributed by atoms with Crippen molar-refractivity contribution in [2.75, 3.05) is 14.2 Å². The highest BCUT2D eigenvalue weighted by Crippen LogP contribution is 2.35. The van der Waals surface area contributed by atoms with Gasteiger partial charge in [-0.05, 0) is 37.7 Å². The highest BCUT2D eigenvalue weighted by molar-refractivity contribution is 9.11. The molecule has 0 fully saturated rings. The Bertz CT molecular complexity index is 613. The van der Waals surface area contributed by atoms with Crippen molar-refractivity contribution in [1.29, 1.82) is 0 Å². The molecule has 0 saturated heterocycles. The average molecular weight is 399 g/mol. The van der Waals surface area contributed by atoms with E-state index >= 15 is 0 Å².